The second kappa shape index (κ2) is 5.13. The summed E-state index contributed by atoms with van der Waals surface area (Å²) in [6.45, 7) is 0.174. The van der Waals surface area contributed by atoms with Gasteiger partial charge >= 0.3 is 0 Å². The van der Waals surface area contributed by atoms with Crippen LogP contribution in [-0.4, -0.2) is 18.3 Å². The number of aliphatic hydroxyl groups is 1. The average Bonchev–Trinajstić information content (AvgIpc) is 2.16. The van der Waals surface area contributed by atoms with Crippen molar-refractivity contribution in [3.05, 3.63) is 26.7 Å². The summed E-state index contributed by atoms with van der Waals surface area (Å²) in [7, 11) is 0. The normalized spacial score (nSPS) is 9.69. The van der Waals surface area contributed by atoms with Gasteiger partial charge in [0.1, 0.15) is 18.0 Å². The summed E-state index contributed by atoms with van der Waals surface area (Å²) in [6, 6.07) is 5.03. The maximum Gasteiger partial charge on any atom is 0.135 e. The van der Waals surface area contributed by atoms with Crippen LogP contribution < -0.4 is 4.74 Å². The molecule has 1 aromatic carbocycles. The Morgan fingerprint density at radius 3 is 2.92 bits per heavy atom. The summed E-state index contributed by atoms with van der Waals surface area (Å²) in [4.78, 5) is 10.3. The van der Waals surface area contributed by atoms with Crippen LogP contribution in [0.25, 0.3) is 0 Å². The fraction of sp³-hybridized carbons (Fsp3) is 0.250. The fourth-order valence-electron chi connectivity index (χ4n) is 0.837. The zero-order chi connectivity index (χ0) is 9.68. The molecular formula is C8H8INO3. The molecule has 0 heterocycles. The van der Waals surface area contributed by atoms with Gasteiger partial charge in [0.25, 0.3) is 0 Å². The van der Waals surface area contributed by atoms with Crippen LogP contribution in [0.5, 0.6) is 5.75 Å². The summed E-state index contributed by atoms with van der Waals surface area (Å²) >= 11 is 1.98. The van der Waals surface area contributed by atoms with Gasteiger partial charge in [-0.1, -0.05) is 6.07 Å². The summed E-state index contributed by atoms with van der Waals surface area (Å²) in [5, 5.41) is 11.4. The van der Waals surface area contributed by atoms with Gasteiger partial charge in [-0.05, 0) is 39.9 Å². The highest BCUT2D eigenvalue weighted by atomic mass is 127. The molecular weight excluding hydrogens is 285 g/mol. The van der Waals surface area contributed by atoms with Crippen molar-refractivity contribution < 1.29 is 9.84 Å². The predicted molar refractivity (Wildman–Crippen MR) is 57.2 cm³/mol. The van der Waals surface area contributed by atoms with Gasteiger partial charge in [-0.3, -0.25) is 0 Å². The first-order chi connectivity index (χ1) is 6.29. The summed E-state index contributed by atoms with van der Waals surface area (Å²) < 4.78 is 5.84. The molecule has 0 bridgehead atoms. The van der Waals surface area contributed by atoms with Gasteiger partial charge in [0.15, 0.2) is 0 Å². The van der Waals surface area contributed by atoms with E-state index in [0.29, 0.717) is 15.0 Å². The molecule has 1 aromatic rings. The third-order valence-corrected chi connectivity index (χ3v) is 2.47. The van der Waals surface area contributed by atoms with Gasteiger partial charge in [0.05, 0.1) is 10.2 Å². The lowest BCUT2D eigenvalue weighted by Crippen LogP contribution is -2.02. The number of halogens is 1. The topological polar surface area (TPSA) is 58.9 Å². The molecule has 1 rings (SSSR count). The summed E-state index contributed by atoms with van der Waals surface area (Å²) in [6.07, 6.45) is 0. The van der Waals surface area contributed by atoms with Gasteiger partial charge in [-0.25, -0.2) is 0 Å². The Hall–Kier alpha value is -0.690. The van der Waals surface area contributed by atoms with E-state index in [1.807, 2.05) is 22.6 Å². The van der Waals surface area contributed by atoms with Crippen LogP contribution in [0.3, 0.4) is 0 Å². The smallest absolute Gasteiger partial charge is 0.135 e. The van der Waals surface area contributed by atoms with E-state index in [1.165, 1.54) is 0 Å². The van der Waals surface area contributed by atoms with E-state index in [1.54, 1.807) is 18.2 Å². The van der Waals surface area contributed by atoms with Crippen LogP contribution in [-0.2, 0) is 0 Å². The Bertz CT molecular complexity index is 303. The van der Waals surface area contributed by atoms with Crippen molar-refractivity contribution in [2.24, 2.45) is 5.18 Å². The summed E-state index contributed by atoms with van der Waals surface area (Å²) in [5.74, 6) is 0.576. The Morgan fingerprint density at radius 2 is 2.31 bits per heavy atom. The first-order valence-corrected chi connectivity index (χ1v) is 4.73. The molecule has 0 spiro atoms. The monoisotopic (exact) mass is 293 g/mol. The van der Waals surface area contributed by atoms with Crippen LogP contribution in [0.2, 0.25) is 0 Å². The quantitative estimate of drug-likeness (QED) is 0.683. The van der Waals surface area contributed by atoms with E-state index < -0.39 is 0 Å². The van der Waals surface area contributed by atoms with Crippen LogP contribution in [0, 0.1) is 8.48 Å². The fourth-order valence-corrected chi connectivity index (χ4v) is 1.45. The molecule has 4 nitrogen and oxygen atoms in total. The molecule has 0 amide bonds. The van der Waals surface area contributed by atoms with Gasteiger partial charge in [0.2, 0.25) is 0 Å². The zero-order valence-corrected chi connectivity index (χ0v) is 8.89. The van der Waals surface area contributed by atoms with E-state index in [0.717, 1.165) is 0 Å². The lowest BCUT2D eigenvalue weighted by atomic mass is 10.3. The van der Waals surface area contributed by atoms with E-state index in [4.69, 9.17) is 9.84 Å². The molecule has 0 radical (unpaired) electrons. The highest BCUT2D eigenvalue weighted by Gasteiger charge is 2.05. The highest BCUT2D eigenvalue weighted by Crippen LogP contribution is 2.29. The molecule has 70 valence electrons. The molecule has 0 saturated carbocycles. The average molecular weight is 293 g/mol. The third kappa shape index (κ3) is 2.63. The van der Waals surface area contributed by atoms with Gasteiger partial charge < -0.3 is 9.84 Å². The van der Waals surface area contributed by atoms with Crippen LogP contribution in [0.1, 0.15) is 0 Å². The van der Waals surface area contributed by atoms with Crippen molar-refractivity contribution in [1.29, 1.82) is 0 Å². The molecule has 0 aliphatic carbocycles. The highest BCUT2D eigenvalue weighted by molar-refractivity contribution is 14.1. The second-order valence-electron chi connectivity index (χ2n) is 2.25. The van der Waals surface area contributed by atoms with Gasteiger partial charge in [-0.15, -0.1) is 4.91 Å². The number of ether oxygens (including phenoxy) is 1. The SMILES string of the molecule is O=Nc1cccc(OCCO)c1I. The standard InChI is InChI=1S/C8H8INO3/c9-8-6(10-12)2-1-3-7(8)13-5-4-11/h1-3,11H,4-5H2. The number of rotatable bonds is 4. The zero-order valence-electron chi connectivity index (χ0n) is 6.74. The van der Waals surface area contributed by atoms with Crippen molar-refractivity contribution in [2.45, 2.75) is 0 Å². The predicted octanol–water partition coefficient (Wildman–Crippen LogP) is 2.06. The third-order valence-electron chi connectivity index (χ3n) is 1.39. The number of hydrogen-bond donors (Lipinski definition) is 1. The number of aliphatic hydroxyl groups excluding tert-OH is 1. The number of nitrogens with zero attached hydrogens (tertiary/aromatic N) is 1. The van der Waals surface area contributed by atoms with E-state index in [-0.39, 0.29) is 13.2 Å². The van der Waals surface area contributed by atoms with Crippen molar-refractivity contribution in [2.75, 3.05) is 13.2 Å². The molecule has 1 N–H and O–H groups in total. The van der Waals surface area contributed by atoms with Crippen LogP contribution >= 0.6 is 22.6 Å². The second-order valence-corrected chi connectivity index (χ2v) is 3.33. The number of hydrogen-bond acceptors (Lipinski definition) is 4. The largest absolute Gasteiger partial charge is 0.490 e. The van der Waals surface area contributed by atoms with Crippen molar-refractivity contribution >= 4 is 28.3 Å². The molecule has 0 saturated heterocycles. The maximum absolute atomic E-state index is 10.3. The van der Waals surface area contributed by atoms with E-state index in [2.05, 4.69) is 5.18 Å². The van der Waals surface area contributed by atoms with E-state index in [9.17, 15) is 4.91 Å². The minimum atomic E-state index is -0.0468. The van der Waals surface area contributed by atoms with Crippen LogP contribution in [0.4, 0.5) is 5.69 Å². The van der Waals surface area contributed by atoms with Crippen molar-refractivity contribution in [1.82, 2.24) is 0 Å². The molecule has 5 heteroatoms. The summed E-state index contributed by atoms with van der Waals surface area (Å²) in [5.41, 5.74) is 0.357. The number of benzene rings is 1. The molecule has 0 aromatic heterocycles. The molecule has 0 aliphatic rings. The van der Waals surface area contributed by atoms with Crippen molar-refractivity contribution in [3.8, 4) is 5.75 Å². The minimum absolute atomic E-state index is 0.0468. The minimum Gasteiger partial charge on any atom is -0.490 e. The molecule has 0 unspecified atom stereocenters. The Morgan fingerprint density at radius 1 is 1.54 bits per heavy atom. The molecule has 13 heavy (non-hydrogen) atoms. The van der Waals surface area contributed by atoms with Crippen LogP contribution in [0.15, 0.2) is 23.4 Å². The Balaban J connectivity index is 2.87. The first-order valence-electron chi connectivity index (χ1n) is 3.65. The van der Waals surface area contributed by atoms with Crippen molar-refractivity contribution in [3.63, 3.8) is 0 Å². The lowest BCUT2D eigenvalue weighted by molar-refractivity contribution is 0.200. The Labute approximate surface area is 89.0 Å². The Kier molecular flexibility index (Phi) is 4.10. The van der Waals surface area contributed by atoms with Gasteiger partial charge in [-0.2, -0.15) is 0 Å². The molecule has 0 fully saturated rings. The lowest BCUT2D eigenvalue weighted by Gasteiger charge is -2.06. The molecule has 0 aliphatic heterocycles. The van der Waals surface area contributed by atoms with Gasteiger partial charge in [0, 0.05) is 0 Å². The maximum atomic E-state index is 10.3. The van der Waals surface area contributed by atoms with E-state index >= 15 is 0 Å². The first kappa shape index (κ1) is 10.4. The number of nitroso groups, excluding NO2 is 1. The molecule has 0 atom stereocenters.